The molecule has 4 nitrogen and oxygen atoms in total. The van der Waals surface area contributed by atoms with E-state index in [0.29, 0.717) is 5.92 Å². The third kappa shape index (κ3) is 2.52. The second-order valence-corrected chi connectivity index (χ2v) is 4.05. The Bertz CT molecular complexity index is 359. The molecule has 15 heavy (non-hydrogen) atoms. The predicted molar refractivity (Wildman–Crippen MR) is 54.7 cm³/mol. The number of aromatic nitrogens is 2. The molecule has 0 amide bonds. The molecule has 4 heteroatoms. The summed E-state index contributed by atoms with van der Waals surface area (Å²) in [6, 6.07) is 1.58. The molecular weight excluding hydrogens is 192 g/mol. The second kappa shape index (κ2) is 4.38. The zero-order valence-electron chi connectivity index (χ0n) is 8.52. The minimum Gasteiger partial charge on any atom is -0.477 e. The molecule has 0 atom stereocenters. The van der Waals surface area contributed by atoms with Crippen molar-refractivity contribution < 1.29 is 9.90 Å². The van der Waals surface area contributed by atoms with Gasteiger partial charge in [0.2, 0.25) is 0 Å². The molecule has 1 aliphatic rings. The van der Waals surface area contributed by atoms with E-state index in [4.69, 9.17) is 5.11 Å². The van der Waals surface area contributed by atoms with Gasteiger partial charge in [0.25, 0.3) is 0 Å². The Morgan fingerprint density at radius 3 is 2.80 bits per heavy atom. The lowest BCUT2D eigenvalue weighted by atomic mass is 10.0. The molecule has 1 fully saturated rings. The summed E-state index contributed by atoms with van der Waals surface area (Å²) >= 11 is 0. The fourth-order valence-corrected chi connectivity index (χ4v) is 2.14. The minimum absolute atomic E-state index is 0.0954. The van der Waals surface area contributed by atoms with Gasteiger partial charge in [-0.2, -0.15) is 0 Å². The Balaban J connectivity index is 2.07. The van der Waals surface area contributed by atoms with Gasteiger partial charge >= 0.3 is 5.97 Å². The Hall–Kier alpha value is -1.45. The number of carbonyl (C=O) groups is 1. The SMILES string of the molecule is O=C(O)c1cc(CC2CCCC2)ncn1. The lowest BCUT2D eigenvalue weighted by Gasteiger charge is -2.07. The highest BCUT2D eigenvalue weighted by atomic mass is 16.4. The summed E-state index contributed by atoms with van der Waals surface area (Å²) in [4.78, 5) is 18.5. The third-order valence-electron chi connectivity index (χ3n) is 2.92. The van der Waals surface area contributed by atoms with Gasteiger partial charge in [-0.1, -0.05) is 25.7 Å². The fraction of sp³-hybridized carbons (Fsp3) is 0.545. The van der Waals surface area contributed by atoms with E-state index in [1.165, 1.54) is 32.0 Å². The molecule has 1 saturated carbocycles. The molecule has 1 aromatic heterocycles. The van der Waals surface area contributed by atoms with Crippen molar-refractivity contribution in [2.45, 2.75) is 32.1 Å². The predicted octanol–water partition coefficient (Wildman–Crippen LogP) is 1.91. The van der Waals surface area contributed by atoms with E-state index in [9.17, 15) is 4.79 Å². The van der Waals surface area contributed by atoms with Crippen molar-refractivity contribution in [2.24, 2.45) is 5.92 Å². The van der Waals surface area contributed by atoms with Crippen LogP contribution in [0, 0.1) is 5.92 Å². The highest BCUT2D eigenvalue weighted by Gasteiger charge is 2.16. The molecule has 2 rings (SSSR count). The van der Waals surface area contributed by atoms with E-state index in [1.807, 2.05) is 0 Å². The van der Waals surface area contributed by atoms with Crippen molar-refractivity contribution in [3.05, 3.63) is 23.8 Å². The first-order valence-corrected chi connectivity index (χ1v) is 5.30. The standard InChI is InChI=1S/C11H14N2O2/c14-11(15)10-6-9(12-7-13-10)5-8-3-1-2-4-8/h6-8H,1-5H2,(H,14,15). The Kier molecular flexibility index (Phi) is 2.94. The summed E-state index contributed by atoms with van der Waals surface area (Å²) in [5.74, 6) is -0.299. The minimum atomic E-state index is -0.981. The highest BCUT2D eigenvalue weighted by molar-refractivity contribution is 5.85. The van der Waals surface area contributed by atoms with Crippen LogP contribution in [-0.4, -0.2) is 21.0 Å². The van der Waals surface area contributed by atoms with Gasteiger partial charge in [-0.15, -0.1) is 0 Å². The van der Waals surface area contributed by atoms with Crippen molar-refractivity contribution in [1.82, 2.24) is 9.97 Å². The average Bonchev–Trinajstić information content (AvgIpc) is 2.71. The van der Waals surface area contributed by atoms with Crippen LogP contribution in [0.5, 0.6) is 0 Å². The zero-order chi connectivity index (χ0) is 10.7. The maximum atomic E-state index is 10.7. The first-order chi connectivity index (χ1) is 7.25. The number of hydrogen-bond donors (Lipinski definition) is 1. The van der Waals surface area contributed by atoms with E-state index in [0.717, 1.165) is 12.1 Å². The van der Waals surface area contributed by atoms with E-state index in [2.05, 4.69) is 9.97 Å². The van der Waals surface area contributed by atoms with Gasteiger partial charge in [0.1, 0.15) is 6.33 Å². The molecule has 0 unspecified atom stereocenters. The van der Waals surface area contributed by atoms with Crippen molar-refractivity contribution >= 4 is 5.97 Å². The molecule has 80 valence electrons. The second-order valence-electron chi connectivity index (χ2n) is 4.05. The molecule has 0 radical (unpaired) electrons. The Labute approximate surface area is 88.4 Å². The smallest absolute Gasteiger partial charge is 0.354 e. The fourth-order valence-electron chi connectivity index (χ4n) is 2.14. The summed E-state index contributed by atoms with van der Waals surface area (Å²) in [6.07, 6.45) is 7.30. The van der Waals surface area contributed by atoms with Crippen LogP contribution in [0.2, 0.25) is 0 Å². The van der Waals surface area contributed by atoms with Gasteiger partial charge in [-0.05, 0) is 18.4 Å². The van der Waals surface area contributed by atoms with Crippen LogP contribution >= 0.6 is 0 Å². The maximum absolute atomic E-state index is 10.7. The number of aromatic carboxylic acids is 1. The Morgan fingerprint density at radius 1 is 1.40 bits per heavy atom. The van der Waals surface area contributed by atoms with E-state index < -0.39 is 5.97 Å². The van der Waals surface area contributed by atoms with Crippen molar-refractivity contribution in [1.29, 1.82) is 0 Å². The number of carboxylic acid groups (broad SMARTS) is 1. The Morgan fingerprint density at radius 2 is 2.13 bits per heavy atom. The van der Waals surface area contributed by atoms with Crippen LogP contribution in [0.3, 0.4) is 0 Å². The van der Waals surface area contributed by atoms with Crippen LogP contribution in [0.1, 0.15) is 41.9 Å². The van der Waals surface area contributed by atoms with Crippen LogP contribution in [0.4, 0.5) is 0 Å². The summed E-state index contributed by atoms with van der Waals surface area (Å²) in [5, 5.41) is 8.78. The molecule has 0 aromatic carbocycles. The van der Waals surface area contributed by atoms with Gasteiger partial charge in [0.15, 0.2) is 5.69 Å². The monoisotopic (exact) mass is 206 g/mol. The lowest BCUT2D eigenvalue weighted by molar-refractivity contribution is 0.0690. The third-order valence-corrected chi connectivity index (χ3v) is 2.92. The number of carboxylic acids is 1. The highest BCUT2D eigenvalue weighted by Crippen LogP contribution is 2.27. The normalized spacial score (nSPS) is 16.8. The molecule has 0 saturated heterocycles. The number of nitrogens with zero attached hydrogens (tertiary/aromatic N) is 2. The molecule has 0 spiro atoms. The topological polar surface area (TPSA) is 63.1 Å². The van der Waals surface area contributed by atoms with Crippen LogP contribution in [-0.2, 0) is 6.42 Å². The van der Waals surface area contributed by atoms with E-state index >= 15 is 0 Å². The molecule has 1 heterocycles. The summed E-state index contributed by atoms with van der Waals surface area (Å²) in [6.45, 7) is 0. The van der Waals surface area contributed by atoms with Gasteiger partial charge in [0.05, 0.1) is 0 Å². The molecule has 1 aliphatic carbocycles. The lowest BCUT2D eigenvalue weighted by Crippen LogP contribution is -2.06. The van der Waals surface area contributed by atoms with Crippen LogP contribution in [0.25, 0.3) is 0 Å². The molecular formula is C11H14N2O2. The molecule has 1 N–H and O–H groups in total. The molecule has 0 aliphatic heterocycles. The number of hydrogen-bond acceptors (Lipinski definition) is 3. The van der Waals surface area contributed by atoms with E-state index in [1.54, 1.807) is 6.07 Å². The van der Waals surface area contributed by atoms with Gasteiger partial charge < -0.3 is 5.11 Å². The zero-order valence-corrected chi connectivity index (χ0v) is 8.52. The van der Waals surface area contributed by atoms with Gasteiger partial charge in [-0.25, -0.2) is 14.8 Å². The van der Waals surface area contributed by atoms with Gasteiger partial charge in [-0.3, -0.25) is 0 Å². The summed E-state index contributed by atoms with van der Waals surface area (Å²) < 4.78 is 0. The quantitative estimate of drug-likeness (QED) is 0.820. The van der Waals surface area contributed by atoms with E-state index in [-0.39, 0.29) is 5.69 Å². The van der Waals surface area contributed by atoms with Crippen LogP contribution < -0.4 is 0 Å². The summed E-state index contributed by atoms with van der Waals surface area (Å²) in [7, 11) is 0. The number of rotatable bonds is 3. The first kappa shape index (κ1) is 10.1. The van der Waals surface area contributed by atoms with Crippen molar-refractivity contribution in [3.63, 3.8) is 0 Å². The average molecular weight is 206 g/mol. The van der Waals surface area contributed by atoms with Crippen molar-refractivity contribution in [2.75, 3.05) is 0 Å². The van der Waals surface area contributed by atoms with Crippen LogP contribution in [0.15, 0.2) is 12.4 Å². The first-order valence-electron chi connectivity index (χ1n) is 5.30. The summed E-state index contributed by atoms with van der Waals surface area (Å²) in [5.41, 5.74) is 0.951. The molecule has 0 bridgehead atoms. The maximum Gasteiger partial charge on any atom is 0.354 e. The largest absolute Gasteiger partial charge is 0.477 e. The molecule has 1 aromatic rings. The van der Waals surface area contributed by atoms with Crippen molar-refractivity contribution in [3.8, 4) is 0 Å². The van der Waals surface area contributed by atoms with Gasteiger partial charge in [0, 0.05) is 5.69 Å².